The topological polar surface area (TPSA) is 6.48 Å². The van der Waals surface area contributed by atoms with E-state index in [2.05, 4.69) is 88.7 Å². The second-order valence-corrected chi connectivity index (χ2v) is 8.96. The van der Waals surface area contributed by atoms with Crippen molar-refractivity contribution in [3.8, 4) is 0 Å². The lowest BCUT2D eigenvalue weighted by atomic mass is 9.94. The van der Waals surface area contributed by atoms with Gasteiger partial charge in [0.25, 0.3) is 0 Å². The van der Waals surface area contributed by atoms with E-state index in [0.717, 1.165) is 13.0 Å². The summed E-state index contributed by atoms with van der Waals surface area (Å²) in [4.78, 5) is 5.55. The summed E-state index contributed by atoms with van der Waals surface area (Å²) in [6.07, 6.45) is 9.62. The summed E-state index contributed by atoms with van der Waals surface area (Å²) in [6, 6.07) is 26.6. The van der Waals surface area contributed by atoms with Gasteiger partial charge in [-0.1, -0.05) is 66.7 Å². The summed E-state index contributed by atoms with van der Waals surface area (Å²) in [6.45, 7) is 2.32. The SMILES string of the molecule is C1=C\CC2CN(c3ccc4ccccc4c3)C(C/1)CN2C1Cc2ccccc2C1. The standard InChI is InChI=1S/C27H28N2/c1-2-8-21-15-24(14-13-20(21)7-1)28-18-26-12-6-5-11-25(28)19-29(26)27-16-22-9-3-4-10-23(22)17-27/h1-10,13-15,25-27H,11-12,16-19H2/b6-5-. The van der Waals surface area contributed by atoms with Crippen molar-refractivity contribution in [2.24, 2.45) is 0 Å². The predicted octanol–water partition coefficient (Wildman–Crippen LogP) is 5.22. The van der Waals surface area contributed by atoms with Crippen LogP contribution in [0.25, 0.3) is 10.8 Å². The molecule has 2 unspecified atom stereocenters. The number of benzene rings is 3. The minimum atomic E-state index is 0.563. The van der Waals surface area contributed by atoms with Crippen LogP contribution in [0.15, 0.2) is 78.9 Å². The van der Waals surface area contributed by atoms with Gasteiger partial charge >= 0.3 is 0 Å². The highest BCUT2D eigenvalue weighted by Gasteiger charge is 2.39. The van der Waals surface area contributed by atoms with E-state index in [1.54, 1.807) is 11.1 Å². The monoisotopic (exact) mass is 380 g/mol. The van der Waals surface area contributed by atoms with Crippen LogP contribution in [0, 0.1) is 0 Å². The Hall–Kier alpha value is -2.58. The van der Waals surface area contributed by atoms with E-state index in [4.69, 9.17) is 0 Å². The third-order valence-electron chi connectivity index (χ3n) is 7.28. The minimum Gasteiger partial charge on any atom is -0.365 e. The van der Waals surface area contributed by atoms with E-state index in [9.17, 15) is 0 Å². The summed E-state index contributed by atoms with van der Waals surface area (Å²) in [5.74, 6) is 0. The van der Waals surface area contributed by atoms with Crippen molar-refractivity contribution in [3.63, 3.8) is 0 Å². The van der Waals surface area contributed by atoms with Gasteiger partial charge in [0.05, 0.1) is 0 Å². The summed E-state index contributed by atoms with van der Waals surface area (Å²) in [5, 5.41) is 2.68. The number of piperazine rings is 1. The third-order valence-corrected chi connectivity index (χ3v) is 7.28. The van der Waals surface area contributed by atoms with Crippen LogP contribution in [0.5, 0.6) is 0 Å². The molecule has 1 aliphatic carbocycles. The van der Waals surface area contributed by atoms with Gasteiger partial charge in [0, 0.05) is 36.9 Å². The minimum absolute atomic E-state index is 0.563. The van der Waals surface area contributed by atoms with Gasteiger partial charge in [-0.25, -0.2) is 0 Å². The highest BCUT2D eigenvalue weighted by atomic mass is 15.3. The van der Waals surface area contributed by atoms with Gasteiger partial charge < -0.3 is 4.90 Å². The Morgan fingerprint density at radius 3 is 2.10 bits per heavy atom. The lowest BCUT2D eigenvalue weighted by Crippen LogP contribution is -2.61. The van der Waals surface area contributed by atoms with Gasteiger partial charge in [-0.3, -0.25) is 4.90 Å². The summed E-state index contributed by atoms with van der Waals surface area (Å²) >= 11 is 0. The number of nitrogens with zero attached hydrogens (tertiary/aromatic N) is 2. The van der Waals surface area contributed by atoms with Crippen LogP contribution in [-0.4, -0.2) is 36.1 Å². The van der Waals surface area contributed by atoms with Crippen molar-refractivity contribution < 1.29 is 0 Å². The van der Waals surface area contributed by atoms with Gasteiger partial charge in [0.2, 0.25) is 0 Å². The first kappa shape index (κ1) is 17.3. The molecule has 1 saturated heterocycles. The van der Waals surface area contributed by atoms with Crippen LogP contribution >= 0.6 is 0 Å². The normalized spacial score (nSPS) is 25.7. The number of hydrogen-bond acceptors (Lipinski definition) is 2. The molecule has 7 rings (SSSR count). The van der Waals surface area contributed by atoms with Crippen molar-refractivity contribution >= 4 is 16.5 Å². The van der Waals surface area contributed by atoms with Crippen LogP contribution in [0.4, 0.5) is 5.69 Å². The Morgan fingerprint density at radius 1 is 0.621 bits per heavy atom. The fourth-order valence-electron chi connectivity index (χ4n) is 5.78. The van der Waals surface area contributed by atoms with Gasteiger partial charge in [-0.2, -0.15) is 0 Å². The molecule has 1 fully saturated rings. The van der Waals surface area contributed by atoms with Crippen molar-refractivity contribution in [2.75, 3.05) is 18.0 Å². The van der Waals surface area contributed by atoms with Crippen LogP contribution in [-0.2, 0) is 12.8 Å². The maximum Gasteiger partial charge on any atom is 0.0452 e. The van der Waals surface area contributed by atoms with Crippen molar-refractivity contribution in [2.45, 2.75) is 43.8 Å². The molecular weight excluding hydrogens is 352 g/mol. The molecule has 3 aliphatic heterocycles. The number of hydrogen-bond donors (Lipinski definition) is 0. The number of rotatable bonds is 2. The first-order valence-corrected chi connectivity index (χ1v) is 11.1. The molecule has 0 N–H and O–H groups in total. The molecule has 0 aromatic heterocycles. The van der Waals surface area contributed by atoms with Gasteiger partial charge in [0.15, 0.2) is 0 Å². The first-order valence-electron chi connectivity index (χ1n) is 11.1. The maximum atomic E-state index is 2.85. The lowest BCUT2D eigenvalue weighted by Gasteiger charge is -2.50. The van der Waals surface area contributed by atoms with Crippen molar-refractivity contribution in [1.29, 1.82) is 0 Å². The molecule has 0 spiro atoms. The predicted molar refractivity (Wildman–Crippen MR) is 122 cm³/mol. The smallest absolute Gasteiger partial charge is 0.0452 e. The molecule has 3 aromatic carbocycles. The molecule has 2 nitrogen and oxygen atoms in total. The molecule has 0 saturated carbocycles. The van der Waals surface area contributed by atoms with E-state index in [0.29, 0.717) is 18.1 Å². The second-order valence-electron chi connectivity index (χ2n) is 8.96. The fraction of sp³-hybridized carbons (Fsp3) is 0.333. The Kier molecular flexibility index (Phi) is 4.19. The first-order chi connectivity index (χ1) is 14.3. The quantitative estimate of drug-likeness (QED) is 0.563. The van der Waals surface area contributed by atoms with Crippen LogP contribution < -0.4 is 4.90 Å². The molecular formula is C27H28N2. The van der Waals surface area contributed by atoms with Crippen molar-refractivity contribution in [3.05, 3.63) is 90.0 Å². The van der Waals surface area contributed by atoms with Gasteiger partial charge in [-0.05, 0) is 59.7 Å². The molecule has 3 heterocycles. The van der Waals surface area contributed by atoms with Gasteiger partial charge in [-0.15, -0.1) is 0 Å². The van der Waals surface area contributed by atoms with E-state index in [1.165, 1.54) is 42.3 Å². The molecule has 3 aromatic rings. The molecule has 0 amide bonds. The van der Waals surface area contributed by atoms with E-state index >= 15 is 0 Å². The van der Waals surface area contributed by atoms with E-state index in [-0.39, 0.29) is 0 Å². The number of fused-ring (bicyclic) bond motifs is 6. The fourth-order valence-corrected chi connectivity index (χ4v) is 5.78. The third kappa shape index (κ3) is 3.07. The van der Waals surface area contributed by atoms with Crippen molar-refractivity contribution in [1.82, 2.24) is 4.90 Å². The summed E-state index contributed by atoms with van der Waals surface area (Å²) < 4.78 is 0. The zero-order valence-corrected chi connectivity index (χ0v) is 16.9. The number of anilines is 1. The van der Waals surface area contributed by atoms with E-state index < -0.39 is 0 Å². The van der Waals surface area contributed by atoms with Gasteiger partial charge in [0.1, 0.15) is 0 Å². The maximum absolute atomic E-state index is 2.85. The lowest BCUT2D eigenvalue weighted by molar-refractivity contribution is 0.0996. The summed E-state index contributed by atoms with van der Waals surface area (Å²) in [7, 11) is 0. The highest BCUT2D eigenvalue weighted by molar-refractivity contribution is 5.86. The average Bonchev–Trinajstić information content (AvgIpc) is 3.17. The van der Waals surface area contributed by atoms with Crippen LogP contribution in [0.3, 0.4) is 0 Å². The Bertz CT molecular complexity index is 1040. The highest BCUT2D eigenvalue weighted by Crippen LogP contribution is 2.35. The molecule has 2 heteroatoms. The Labute approximate surface area is 173 Å². The zero-order chi connectivity index (χ0) is 19.2. The Morgan fingerprint density at radius 2 is 1.31 bits per heavy atom. The molecule has 2 bridgehead atoms. The molecule has 0 radical (unpaired) electrons. The second kappa shape index (κ2) is 7.03. The largest absolute Gasteiger partial charge is 0.365 e. The molecule has 29 heavy (non-hydrogen) atoms. The van der Waals surface area contributed by atoms with Crippen LogP contribution in [0.1, 0.15) is 24.0 Å². The zero-order valence-electron chi connectivity index (χ0n) is 16.9. The van der Waals surface area contributed by atoms with E-state index in [1.807, 2.05) is 0 Å². The molecule has 2 atom stereocenters. The van der Waals surface area contributed by atoms with Crippen LogP contribution in [0.2, 0.25) is 0 Å². The molecule has 146 valence electrons. The Balaban J connectivity index is 1.29. The molecule has 4 aliphatic rings. The summed E-state index contributed by atoms with van der Waals surface area (Å²) in [5.41, 5.74) is 4.53. The average molecular weight is 381 g/mol.